The number of hydrogen-bond acceptors (Lipinski definition) is 4. The number of amides is 2. The molecule has 0 bridgehead atoms. The van der Waals surface area contributed by atoms with Gasteiger partial charge in [-0.1, -0.05) is 59.1 Å². The number of carbonyl (C=O) groups is 2. The van der Waals surface area contributed by atoms with E-state index in [4.69, 9.17) is 4.74 Å². The third kappa shape index (κ3) is 9.73. The summed E-state index contributed by atoms with van der Waals surface area (Å²) in [6, 6.07) is 16.1. The van der Waals surface area contributed by atoms with Gasteiger partial charge in [-0.05, 0) is 73.4 Å². The standard InChI is InChI=1S/C36H30F10N2O4/c1-33(2,3)52-32(50)48(46)20-22-10-7-11-24(14-22)34(19-21-8-5-4-6-9-21,25-16-26(37)18-27(17-25)51-36(44,45)31(39)40)47-30(49)23-12-13-29(38)28(15-23)35(41,42)43/h4-18,31H,19-20H2,1-3H3,(H,47,49). The molecule has 2 amide bonds. The number of carbonyl (C=O) groups excluding carboxylic acids is 2. The van der Waals surface area contributed by atoms with Gasteiger partial charge in [-0.15, -0.1) is 5.12 Å². The first-order chi connectivity index (χ1) is 24.1. The molecule has 0 heterocycles. The SMILES string of the molecule is CC(C)(C)OC(=O)N(F)Cc1cccc(C(Cc2ccccc2)(NC(=O)c2ccc(F)c(C(F)(F)F)c2)c2cc(F)cc(OC(F)(F)C(F)F)c2)c1. The van der Waals surface area contributed by atoms with Gasteiger partial charge in [0.2, 0.25) is 0 Å². The van der Waals surface area contributed by atoms with Gasteiger partial charge in [0.15, 0.2) is 0 Å². The minimum Gasteiger partial charge on any atom is -0.442 e. The molecule has 4 aromatic rings. The highest BCUT2D eigenvalue weighted by Crippen LogP contribution is 2.39. The van der Waals surface area contributed by atoms with Crippen LogP contribution in [0.5, 0.6) is 5.75 Å². The second-order valence-corrected chi connectivity index (χ2v) is 12.6. The van der Waals surface area contributed by atoms with E-state index < -0.39 is 88.9 Å². The Morgan fingerprint density at radius 1 is 0.788 bits per heavy atom. The highest BCUT2D eigenvalue weighted by molar-refractivity contribution is 5.95. The van der Waals surface area contributed by atoms with Crippen molar-refractivity contribution in [1.82, 2.24) is 10.4 Å². The molecule has 16 heteroatoms. The summed E-state index contributed by atoms with van der Waals surface area (Å²) in [6.45, 7) is 3.72. The van der Waals surface area contributed by atoms with E-state index in [2.05, 4.69) is 10.1 Å². The van der Waals surface area contributed by atoms with Crippen LogP contribution in [-0.2, 0) is 29.4 Å². The van der Waals surface area contributed by atoms with Gasteiger partial charge in [-0.2, -0.15) is 30.7 Å². The molecule has 0 radical (unpaired) electrons. The van der Waals surface area contributed by atoms with Gasteiger partial charge in [0.1, 0.15) is 23.0 Å². The van der Waals surface area contributed by atoms with Gasteiger partial charge in [0.05, 0.1) is 17.6 Å². The second-order valence-electron chi connectivity index (χ2n) is 12.6. The Morgan fingerprint density at radius 3 is 2.06 bits per heavy atom. The lowest BCUT2D eigenvalue weighted by Crippen LogP contribution is -2.49. The summed E-state index contributed by atoms with van der Waals surface area (Å²) in [5.74, 6) is -5.44. The minimum atomic E-state index is -5.23. The predicted octanol–water partition coefficient (Wildman–Crippen LogP) is 9.76. The van der Waals surface area contributed by atoms with Gasteiger partial charge in [0.25, 0.3) is 5.91 Å². The number of rotatable bonds is 11. The zero-order valence-electron chi connectivity index (χ0n) is 27.5. The van der Waals surface area contributed by atoms with Gasteiger partial charge >= 0.3 is 24.8 Å². The molecule has 0 aliphatic rings. The molecule has 0 saturated heterocycles. The van der Waals surface area contributed by atoms with Crippen LogP contribution in [0.2, 0.25) is 0 Å². The van der Waals surface area contributed by atoms with Crippen LogP contribution in [0.25, 0.3) is 0 Å². The fourth-order valence-corrected chi connectivity index (χ4v) is 5.15. The summed E-state index contributed by atoms with van der Waals surface area (Å²) in [4.78, 5) is 26.2. The van der Waals surface area contributed by atoms with Crippen molar-refractivity contribution in [3.05, 3.63) is 136 Å². The first-order valence-corrected chi connectivity index (χ1v) is 15.2. The van der Waals surface area contributed by atoms with Gasteiger partial charge in [-0.25, -0.2) is 13.6 Å². The molecule has 0 aliphatic carbocycles. The normalized spacial score (nSPS) is 13.3. The Morgan fingerprint density at radius 2 is 1.44 bits per heavy atom. The third-order valence-electron chi connectivity index (χ3n) is 7.38. The molecule has 0 spiro atoms. The largest absolute Gasteiger partial charge is 0.461 e. The van der Waals surface area contributed by atoms with E-state index in [1.54, 1.807) is 18.2 Å². The molecule has 0 fully saturated rings. The van der Waals surface area contributed by atoms with Crippen LogP contribution < -0.4 is 10.1 Å². The Kier molecular flexibility index (Phi) is 11.5. The number of hydrogen-bond donors (Lipinski definition) is 1. The first kappa shape index (κ1) is 39.5. The topological polar surface area (TPSA) is 67.9 Å². The second kappa shape index (κ2) is 15.1. The molecule has 4 rings (SSSR count). The molecular formula is C36H30F10N2O4. The smallest absolute Gasteiger partial charge is 0.442 e. The van der Waals surface area contributed by atoms with E-state index in [9.17, 15) is 44.7 Å². The molecular weight excluding hydrogens is 714 g/mol. The summed E-state index contributed by atoms with van der Waals surface area (Å²) in [5.41, 5.74) is -5.95. The van der Waals surface area contributed by atoms with Gasteiger partial charge in [-0.3, -0.25) is 4.79 Å². The van der Waals surface area contributed by atoms with Crippen LogP contribution in [0, 0.1) is 11.6 Å². The molecule has 1 unspecified atom stereocenters. The molecule has 0 aromatic heterocycles. The average molecular weight is 745 g/mol. The molecule has 0 saturated carbocycles. The van der Waals surface area contributed by atoms with Crippen LogP contribution >= 0.6 is 0 Å². The Bertz CT molecular complexity index is 1900. The number of alkyl halides is 7. The Hall–Kier alpha value is -5.28. The van der Waals surface area contributed by atoms with E-state index in [-0.39, 0.29) is 22.3 Å². The number of ether oxygens (including phenoxy) is 2. The van der Waals surface area contributed by atoms with Crippen LogP contribution in [0.4, 0.5) is 48.8 Å². The lowest BCUT2D eigenvalue weighted by Gasteiger charge is -2.37. The van der Waals surface area contributed by atoms with Crippen molar-refractivity contribution in [2.45, 2.75) is 63.6 Å². The van der Waals surface area contributed by atoms with Crippen LogP contribution in [0.15, 0.2) is 91.0 Å². The van der Waals surface area contributed by atoms with Crippen molar-refractivity contribution in [2.24, 2.45) is 0 Å². The van der Waals surface area contributed by atoms with E-state index in [1.807, 2.05) is 0 Å². The van der Waals surface area contributed by atoms with Crippen LogP contribution in [0.3, 0.4) is 0 Å². The Labute approximate surface area is 290 Å². The molecule has 0 aliphatic heterocycles. The first-order valence-electron chi connectivity index (χ1n) is 15.2. The zero-order chi connectivity index (χ0) is 38.6. The fourth-order valence-electron chi connectivity index (χ4n) is 5.15. The molecule has 278 valence electrons. The maximum absolute atomic E-state index is 15.3. The van der Waals surface area contributed by atoms with Crippen LogP contribution in [-0.4, -0.2) is 35.3 Å². The van der Waals surface area contributed by atoms with E-state index in [1.165, 1.54) is 57.2 Å². The van der Waals surface area contributed by atoms with E-state index in [0.29, 0.717) is 23.8 Å². The summed E-state index contributed by atoms with van der Waals surface area (Å²) in [7, 11) is 0. The number of nitrogens with one attached hydrogen (secondary N) is 1. The van der Waals surface area contributed by atoms with E-state index >= 15 is 8.87 Å². The fraction of sp³-hybridized carbons (Fsp3) is 0.278. The maximum atomic E-state index is 15.3. The molecule has 1 atom stereocenters. The van der Waals surface area contributed by atoms with Crippen molar-refractivity contribution in [3.63, 3.8) is 0 Å². The number of benzene rings is 4. The number of nitrogens with zero attached hydrogens (tertiary/aromatic N) is 1. The average Bonchev–Trinajstić information content (AvgIpc) is 3.03. The van der Waals surface area contributed by atoms with Crippen molar-refractivity contribution in [1.29, 1.82) is 0 Å². The van der Waals surface area contributed by atoms with Gasteiger partial charge < -0.3 is 14.8 Å². The summed E-state index contributed by atoms with van der Waals surface area (Å²) in [6.07, 6.45) is -16.5. The highest BCUT2D eigenvalue weighted by atomic mass is 19.4. The van der Waals surface area contributed by atoms with Crippen molar-refractivity contribution in [3.8, 4) is 5.75 Å². The molecule has 6 nitrogen and oxygen atoms in total. The van der Waals surface area contributed by atoms with E-state index in [0.717, 1.165) is 12.1 Å². The van der Waals surface area contributed by atoms with Crippen molar-refractivity contribution in [2.75, 3.05) is 0 Å². The van der Waals surface area contributed by atoms with Crippen LogP contribution in [0.1, 0.15) is 58.9 Å². The zero-order valence-corrected chi connectivity index (χ0v) is 27.5. The predicted molar refractivity (Wildman–Crippen MR) is 167 cm³/mol. The van der Waals surface area contributed by atoms with Gasteiger partial charge in [0, 0.05) is 18.1 Å². The number of halogens is 10. The monoisotopic (exact) mass is 744 g/mol. The maximum Gasteiger partial charge on any atom is 0.461 e. The summed E-state index contributed by atoms with van der Waals surface area (Å²) in [5, 5.41) is 2.24. The molecule has 4 aromatic carbocycles. The molecule has 1 N–H and O–H groups in total. The quantitative estimate of drug-likeness (QED) is 0.123. The third-order valence-corrected chi connectivity index (χ3v) is 7.38. The Balaban J connectivity index is 1.97. The van der Waals surface area contributed by atoms with Crippen molar-refractivity contribution < 1.29 is 63.1 Å². The lowest BCUT2D eigenvalue weighted by molar-refractivity contribution is -0.253. The summed E-state index contributed by atoms with van der Waals surface area (Å²) < 4.78 is 149. The molecule has 52 heavy (non-hydrogen) atoms. The van der Waals surface area contributed by atoms with Crippen molar-refractivity contribution >= 4 is 12.0 Å². The minimum absolute atomic E-state index is 0.0239. The lowest BCUT2D eigenvalue weighted by atomic mass is 9.77. The highest BCUT2D eigenvalue weighted by Gasteiger charge is 2.45. The summed E-state index contributed by atoms with van der Waals surface area (Å²) >= 11 is 0.